The predicted molar refractivity (Wildman–Crippen MR) is 75.0 cm³/mol. The van der Waals surface area contributed by atoms with Crippen LogP contribution in [0.5, 0.6) is 0 Å². The van der Waals surface area contributed by atoms with Gasteiger partial charge in [-0.2, -0.15) is 4.72 Å². The average molecular weight is 271 g/mol. The Morgan fingerprint density at radius 2 is 1.47 bits per heavy atom. The Kier molecular flexibility index (Phi) is 4.35. The molecule has 0 aliphatic rings. The van der Waals surface area contributed by atoms with Crippen molar-refractivity contribution >= 4 is 10.0 Å². The van der Waals surface area contributed by atoms with E-state index in [1.165, 1.54) is 0 Å². The molecule has 0 radical (unpaired) electrons. The summed E-state index contributed by atoms with van der Waals surface area (Å²) in [6.45, 7) is 0.0894. The Morgan fingerprint density at radius 1 is 0.895 bits per heavy atom. The van der Waals surface area contributed by atoms with Crippen molar-refractivity contribution in [2.45, 2.75) is 4.90 Å². The summed E-state index contributed by atoms with van der Waals surface area (Å²) >= 11 is 0. The molecule has 0 saturated carbocycles. The van der Waals surface area contributed by atoms with Gasteiger partial charge in [0, 0.05) is 5.56 Å². The number of rotatable bonds is 3. The van der Waals surface area contributed by atoms with Crippen molar-refractivity contribution in [2.24, 2.45) is 0 Å². The lowest BCUT2D eigenvalue weighted by Crippen LogP contribution is -2.23. The van der Waals surface area contributed by atoms with Crippen LogP contribution in [0.1, 0.15) is 5.56 Å². The average Bonchev–Trinajstić information content (AvgIpc) is 2.46. The highest BCUT2D eigenvalue weighted by Crippen LogP contribution is 2.06. The van der Waals surface area contributed by atoms with E-state index in [-0.39, 0.29) is 11.4 Å². The Bertz CT molecular complexity index is 683. The molecular weight excluding hydrogens is 258 g/mol. The zero-order chi connectivity index (χ0) is 13.6. The van der Waals surface area contributed by atoms with Crippen molar-refractivity contribution in [3.8, 4) is 11.8 Å². The van der Waals surface area contributed by atoms with E-state index >= 15 is 0 Å². The number of hydrogen-bond acceptors (Lipinski definition) is 2. The molecule has 19 heavy (non-hydrogen) atoms. The Labute approximate surface area is 113 Å². The largest absolute Gasteiger partial charge is 0.241 e. The fraction of sp³-hybridized carbons (Fsp3) is 0.0667. The van der Waals surface area contributed by atoms with Gasteiger partial charge in [0.25, 0.3) is 0 Å². The maximum Gasteiger partial charge on any atom is 0.241 e. The summed E-state index contributed by atoms with van der Waals surface area (Å²) in [5.74, 6) is 5.68. The van der Waals surface area contributed by atoms with Crippen molar-refractivity contribution < 1.29 is 8.42 Å². The topological polar surface area (TPSA) is 46.2 Å². The fourth-order valence-electron chi connectivity index (χ4n) is 1.48. The molecule has 0 amide bonds. The smallest absolute Gasteiger partial charge is 0.207 e. The summed E-state index contributed by atoms with van der Waals surface area (Å²) < 4.78 is 26.2. The molecule has 0 spiro atoms. The first-order chi connectivity index (χ1) is 9.18. The maximum atomic E-state index is 11.9. The zero-order valence-electron chi connectivity index (χ0n) is 10.2. The van der Waals surface area contributed by atoms with Gasteiger partial charge >= 0.3 is 0 Å². The molecule has 2 aromatic carbocycles. The Hall–Kier alpha value is -2.09. The Balaban J connectivity index is 1.99. The van der Waals surface area contributed by atoms with Crippen LogP contribution in [0, 0.1) is 11.8 Å². The van der Waals surface area contributed by atoms with E-state index in [0.29, 0.717) is 0 Å². The maximum absolute atomic E-state index is 11.9. The van der Waals surface area contributed by atoms with Crippen LogP contribution in [0.15, 0.2) is 65.6 Å². The SMILES string of the molecule is O=S(=O)(NCC#Cc1ccccc1)c1ccccc1. The summed E-state index contributed by atoms with van der Waals surface area (Å²) in [4.78, 5) is 0.247. The van der Waals surface area contributed by atoms with Crippen molar-refractivity contribution in [3.63, 3.8) is 0 Å². The van der Waals surface area contributed by atoms with Gasteiger partial charge in [-0.05, 0) is 24.3 Å². The van der Waals surface area contributed by atoms with Crippen molar-refractivity contribution in [2.75, 3.05) is 6.54 Å². The van der Waals surface area contributed by atoms with Gasteiger partial charge in [-0.25, -0.2) is 8.42 Å². The standard InChI is InChI=1S/C15H13NO2S/c17-19(18,15-11-5-2-6-12-15)16-13-7-10-14-8-3-1-4-9-14/h1-6,8-9,11-12,16H,13H2. The van der Waals surface area contributed by atoms with Crippen LogP contribution in [0.3, 0.4) is 0 Å². The van der Waals surface area contributed by atoms with E-state index in [2.05, 4.69) is 16.6 Å². The molecular formula is C15H13NO2S. The van der Waals surface area contributed by atoms with Gasteiger partial charge in [0.2, 0.25) is 10.0 Å². The zero-order valence-corrected chi connectivity index (χ0v) is 11.0. The molecule has 2 rings (SSSR count). The fourth-order valence-corrected chi connectivity index (χ4v) is 2.43. The number of nitrogens with one attached hydrogen (secondary N) is 1. The van der Waals surface area contributed by atoms with E-state index in [1.807, 2.05) is 30.3 Å². The molecule has 0 aliphatic heterocycles. The van der Waals surface area contributed by atoms with Gasteiger partial charge in [-0.3, -0.25) is 0 Å². The first-order valence-electron chi connectivity index (χ1n) is 5.77. The molecule has 4 heteroatoms. The molecule has 2 aromatic rings. The predicted octanol–water partition coefficient (Wildman–Crippen LogP) is 2.02. The van der Waals surface area contributed by atoms with Crippen molar-refractivity contribution in [1.29, 1.82) is 0 Å². The van der Waals surface area contributed by atoms with Crippen molar-refractivity contribution in [1.82, 2.24) is 4.72 Å². The van der Waals surface area contributed by atoms with E-state index < -0.39 is 10.0 Å². The second kappa shape index (κ2) is 6.19. The third-order valence-electron chi connectivity index (χ3n) is 2.41. The molecule has 3 nitrogen and oxygen atoms in total. The van der Waals surface area contributed by atoms with Crippen LogP contribution < -0.4 is 4.72 Å². The molecule has 0 aromatic heterocycles. The first kappa shape index (κ1) is 13.3. The minimum Gasteiger partial charge on any atom is -0.207 e. The quantitative estimate of drug-likeness (QED) is 0.868. The summed E-state index contributed by atoms with van der Waals surface area (Å²) in [6.07, 6.45) is 0. The van der Waals surface area contributed by atoms with Crippen LogP contribution in [-0.2, 0) is 10.0 Å². The molecule has 0 atom stereocenters. The van der Waals surface area contributed by atoms with Crippen LogP contribution in [0.25, 0.3) is 0 Å². The van der Waals surface area contributed by atoms with Crippen molar-refractivity contribution in [3.05, 3.63) is 66.2 Å². The molecule has 1 N–H and O–H groups in total. The number of hydrogen-bond donors (Lipinski definition) is 1. The van der Waals surface area contributed by atoms with Crippen LogP contribution in [-0.4, -0.2) is 15.0 Å². The molecule has 96 valence electrons. The van der Waals surface area contributed by atoms with E-state index in [4.69, 9.17) is 0 Å². The number of sulfonamides is 1. The minimum atomic E-state index is -3.47. The molecule has 0 aliphatic carbocycles. The summed E-state index contributed by atoms with van der Waals surface area (Å²) in [5.41, 5.74) is 0.862. The van der Waals surface area contributed by atoms with Gasteiger partial charge in [-0.1, -0.05) is 48.2 Å². The van der Waals surface area contributed by atoms with Crippen LogP contribution in [0.4, 0.5) is 0 Å². The summed E-state index contributed by atoms with van der Waals surface area (Å²) in [5, 5.41) is 0. The third-order valence-corrected chi connectivity index (χ3v) is 3.83. The monoisotopic (exact) mass is 271 g/mol. The summed E-state index contributed by atoms with van der Waals surface area (Å²) in [7, 11) is -3.47. The lowest BCUT2D eigenvalue weighted by atomic mass is 10.2. The highest BCUT2D eigenvalue weighted by Gasteiger charge is 2.10. The van der Waals surface area contributed by atoms with Gasteiger partial charge in [0.15, 0.2) is 0 Å². The highest BCUT2D eigenvalue weighted by atomic mass is 32.2. The van der Waals surface area contributed by atoms with Crippen LogP contribution in [0.2, 0.25) is 0 Å². The van der Waals surface area contributed by atoms with Gasteiger partial charge < -0.3 is 0 Å². The van der Waals surface area contributed by atoms with E-state index in [1.54, 1.807) is 30.3 Å². The van der Waals surface area contributed by atoms with Gasteiger partial charge in [0.1, 0.15) is 0 Å². The van der Waals surface area contributed by atoms with E-state index in [0.717, 1.165) is 5.56 Å². The van der Waals surface area contributed by atoms with Gasteiger partial charge in [-0.15, -0.1) is 0 Å². The molecule has 0 bridgehead atoms. The second-order valence-corrected chi connectivity index (χ2v) is 5.57. The summed E-state index contributed by atoms with van der Waals surface area (Å²) in [6, 6.07) is 17.7. The third kappa shape index (κ3) is 3.95. The lowest BCUT2D eigenvalue weighted by molar-refractivity contribution is 0.586. The lowest BCUT2D eigenvalue weighted by Gasteiger charge is -2.02. The normalized spacial score (nSPS) is 10.5. The Morgan fingerprint density at radius 3 is 2.11 bits per heavy atom. The van der Waals surface area contributed by atoms with Crippen LogP contribution >= 0.6 is 0 Å². The van der Waals surface area contributed by atoms with E-state index in [9.17, 15) is 8.42 Å². The molecule has 0 fully saturated rings. The molecule has 0 heterocycles. The number of benzene rings is 2. The first-order valence-corrected chi connectivity index (χ1v) is 7.25. The highest BCUT2D eigenvalue weighted by molar-refractivity contribution is 7.89. The molecule has 0 unspecified atom stereocenters. The van der Waals surface area contributed by atoms with Gasteiger partial charge in [0.05, 0.1) is 11.4 Å². The minimum absolute atomic E-state index is 0.0894. The second-order valence-electron chi connectivity index (χ2n) is 3.81. The molecule has 0 saturated heterocycles.